The van der Waals surface area contributed by atoms with Crippen molar-refractivity contribution >= 4 is 122 Å². The van der Waals surface area contributed by atoms with E-state index in [1.807, 2.05) is 103 Å². The van der Waals surface area contributed by atoms with Gasteiger partial charge < -0.3 is 40.7 Å². The van der Waals surface area contributed by atoms with Gasteiger partial charge in [-0.1, -0.05) is 82.1 Å². The van der Waals surface area contributed by atoms with Crippen LogP contribution in [0.5, 0.6) is 11.5 Å². The van der Waals surface area contributed by atoms with Crippen LogP contribution in [-0.4, -0.2) is 66.1 Å². The number of nitrogens with one attached hydrogen (secondary N) is 6. The third-order valence-corrected chi connectivity index (χ3v) is 43.8. The van der Waals surface area contributed by atoms with Crippen LogP contribution in [0.3, 0.4) is 0 Å². The molecular formula is C54H60N10O3P2S5. The average molecular weight is 1120 g/mol. The van der Waals surface area contributed by atoms with Crippen molar-refractivity contribution < 1.29 is 14.3 Å². The van der Waals surface area contributed by atoms with Gasteiger partial charge in [0, 0.05) is 55.5 Å². The fraction of sp³-hybridized carbons (Fsp3) is 0.296. The molecule has 0 aliphatic carbocycles. The Bertz CT molecular complexity index is 3340. The van der Waals surface area contributed by atoms with E-state index in [1.54, 1.807) is 14.2 Å². The first kappa shape index (κ1) is 53.5. The summed E-state index contributed by atoms with van der Waals surface area (Å²) in [7, 11) is 3.34. The zero-order valence-electron chi connectivity index (χ0n) is 43.3. The Morgan fingerprint density at radius 3 is 1.38 bits per heavy atom. The summed E-state index contributed by atoms with van der Waals surface area (Å²) < 4.78 is 7.10. The molecule has 2 atom stereocenters. The molecule has 11 rings (SSSR count). The van der Waals surface area contributed by atoms with Crippen LogP contribution in [0.15, 0.2) is 97.1 Å². The third kappa shape index (κ3) is 11.1. The standard InChI is InChI=1S/C20H23N5O.C20H23N5S.C14H14O2P2S4/c2*1-10-16-13(19(26)22-10)9-15(23-16)12-7-6-8-14-17(12)24-18(11(2)21-14)25-20(3,4)5;1-15-11-3-7-13(8-4-11)17(19)21-18(20,22-17)14-9-5-12(16-2)6-10-14/h2*6-10,23H,1-5H3,(H,22,26)(H,24,25);3-10H,1-2H3/t2*10-;/m11./s1. The van der Waals surface area contributed by atoms with Crippen molar-refractivity contribution in [3.8, 4) is 34.0 Å². The fourth-order valence-electron chi connectivity index (χ4n) is 8.70. The summed E-state index contributed by atoms with van der Waals surface area (Å²) in [5, 5.41) is 15.5. The van der Waals surface area contributed by atoms with Crippen LogP contribution in [0.1, 0.15) is 106 Å². The van der Waals surface area contributed by atoms with Crippen molar-refractivity contribution in [2.45, 2.75) is 92.4 Å². The number of hydrogen-bond donors (Lipinski definition) is 6. The number of carbonyl (C=O) groups excluding carboxylic acids is 1. The number of rotatable bonds is 8. The molecule has 0 spiro atoms. The SMILES string of the molecule is COc1ccc(P2(=S)SP(=S)(c3ccc(OC)cc3)S2)cc1.Cc1nc2cccc(-c3cc4c([nH]3)[C@@H](C)NC4=O)c2nc1NC(C)(C)C.Cc1nc2cccc(-c3cc4c([nH]3)[C@@H](C)NC4=S)c2nc1NC(C)(C)C. The van der Waals surface area contributed by atoms with E-state index >= 15 is 0 Å². The topological polar surface area (TPSA) is 167 Å². The Balaban J connectivity index is 0.000000137. The summed E-state index contributed by atoms with van der Waals surface area (Å²) in [4.78, 5) is 39.0. The lowest BCUT2D eigenvalue weighted by atomic mass is 10.1. The number of H-pyrrole nitrogens is 2. The molecule has 1 fully saturated rings. The average Bonchev–Trinajstić information content (AvgIpc) is 4.11. The molecular weight excluding hydrogens is 1060 g/mol. The molecule has 1 amide bonds. The number of benzene rings is 4. The van der Waals surface area contributed by atoms with Gasteiger partial charge in [0.2, 0.25) is 0 Å². The first-order chi connectivity index (χ1) is 34.9. The highest BCUT2D eigenvalue weighted by atomic mass is 33.7. The summed E-state index contributed by atoms with van der Waals surface area (Å²) in [5.74, 6) is 3.28. The molecule has 0 bridgehead atoms. The number of amides is 1. The summed E-state index contributed by atoms with van der Waals surface area (Å²) in [6.07, 6.45) is 0. The smallest absolute Gasteiger partial charge is 0.253 e. The van der Waals surface area contributed by atoms with Gasteiger partial charge >= 0.3 is 0 Å². The lowest BCUT2D eigenvalue weighted by molar-refractivity contribution is 0.0958. The molecule has 7 heterocycles. The number of methoxy groups -OCH3 is 2. The molecule has 74 heavy (non-hydrogen) atoms. The predicted octanol–water partition coefficient (Wildman–Crippen LogP) is 13.2. The van der Waals surface area contributed by atoms with Crippen LogP contribution in [0, 0.1) is 13.8 Å². The number of anilines is 2. The van der Waals surface area contributed by atoms with Crippen LogP contribution < -0.4 is 41.3 Å². The summed E-state index contributed by atoms with van der Waals surface area (Å²) in [6, 6.07) is 32.5. The predicted molar refractivity (Wildman–Crippen MR) is 323 cm³/mol. The zero-order valence-corrected chi connectivity index (χ0v) is 49.2. The summed E-state index contributed by atoms with van der Waals surface area (Å²) >= 11 is 20.9. The molecule has 4 aromatic heterocycles. The first-order valence-electron chi connectivity index (χ1n) is 24.1. The maximum Gasteiger partial charge on any atom is 0.253 e. The Morgan fingerprint density at radius 1 is 0.581 bits per heavy atom. The first-order valence-corrected chi connectivity index (χ1v) is 34.1. The highest BCUT2D eigenvalue weighted by Gasteiger charge is 2.46. The van der Waals surface area contributed by atoms with E-state index in [2.05, 4.69) is 116 Å². The maximum atomic E-state index is 12.1. The van der Waals surface area contributed by atoms with E-state index < -0.39 is 8.88 Å². The Morgan fingerprint density at radius 2 is 0.986 bits per heavy atom. The summed E-state index contributed by atoms with van der Waals surface area (Å²) in [5.41, 5.74) is 12.8. The van der Waals surface area contributed by atoms with Crippen LogP contribution in [0.2, 0.25) is 0 Å². The molecule has 8 aromatic rings. The fourth-order valence-corrected chi connectivity index (χ4v) is 51.3. The molecule has 384 valence electrons. The lowest BCUT2D eigenvalue weighted by Crippen LogP contribution is -2.27. The number of aromatic nitrogens is 6. The number of aromatic amines is 2. The van der Waals surface area contributed by atoms with Crippen molar-refractivity contribution in [2.75, 3.05) is 24.9 Å². The van der Waals surface area contributed by atoms with Gasteiger partial charge in [0.15, 0.2) is 0 Å². The van der Waals surface area contributed by atoms with Gasteiger partial charge in [-0.2, -0.15) is 0 Å². The van der Waals surface area contributed by atoms with Gasteiger partial charge in [-0.25, -0.2) is 19.9 Å². The molecule has 0 saturated carbocycles. The van der Waals surface area contributed by atoms with E-state index in [-0.39, 0.29) is 29.1 Å². The Kier molecular flexibility index (Phi) is 14.9. The van der Waals surface area contributed by atoms with Gasteiger partial charge in [-0.15, -0.1) is 0 Å². The van der Waals surface area contributed by atoms with Crippen LogP contribution in [-0.2, 0) is 23.6 Å². The second-order valence-electron chi connectivity index (χ2n) is 20.4. The van der Waals surface area contributed by atoms with E-state index in [0.29, 0.717) is 5.56 Å². The maximum absolute atomic E-state index is 12.1. The lowest BCUT2D eigenvalue weighted by Gasteiger charge is -2.40. The molecule has 0 radical (unpaired) electrons. The minimum Gasteiger partial charge on any atom is -0.497 e. The molecule has 13 nitrogen and oxygen atoms in total. The Hall–Kier alpha value is -5.32. The molecule has 4 aromatic carbocycles. The van der Waals surface area contributed by atoms with Gasteiger partial charge in [-0.05, 0) is 142 Å². The van der Waals surface area contributed by atoms with Crippen molar-refractivity contribution in [1.29, 1.82) is 0 Å². The number of para-hydroxylation sites is 2. The highest BCUT2D eigenvalue weighted by Crippen LogP contribution is 3.04. The van der Waals surface area contributed by atoms with Crippen molar-refractivity contribution in [3.63, 3.8) is 0 Å². The second-order valence-corrected chi connectivity index (χ2v) is 42.1. The van der Waals surface area contributed by atoms with Gasteiger partial charge in [0.1, 0.15) is 39.2 Å². The van der Waals surface area contributed by atoms with E-state index in [9.17, 15) is 4.79 Å². The molecule has 3 aliphatic heterocycles. The van der Waals surface area contributed by atoms with Crippen molar-refractivity contribution in [1.82, 2.24) is 40.5 Å². The molecule has 20 heteroatoms. The van der Waals surface area contributed by atoms with E-state index in [1.165, 1.54) is 10.6 Å². The largest absolute Gasteiger partial charge is 0.497 e. The van der Waals surface area contributed by atoms with Crippen LogP contribution >= 0.6 is 43.1 Å². The number of carbonyl (C=O) groups is 1. The van der Waals surface area contributed by atoms with Gasteiger partial charge in [0.05, 0.1) is 68.9 Å². The van der Waals surface area contributed by atoms with Crippen LogP contribution in [0.25, 0.3) is 44.6 Å². The number of aryl methyl sites for hydroxylation is 2. The number of hydrogen-bond acceptors (Lipinski definition) is 14. The minimum absolute atomic E-state index is 0.00678. The number of thiocarbonyl (C=S) groups is 1. The van der Waals surface area contributed by atoms with E-state index in [0.717, 1.165) is 101 Å². The Labute approximate surface area is 455 Å². The molecule has 6 N–H and O–H groups in total. The van der Waals surface area contributed by atoms with Gasteiger partial charge in [0.25, 0.3) is 5.91 Å². The number of nitrogens with zero attached hydrogens (tertiary/aromatic N) is 4. The van der Waals surface area contributed by atoms with E-state index in [4.69, 9.17) is 65.2 Å². The monoisotopic (exact) mass is 1120 g/mol. The van der Waals surface area contributed by atoms with Gasteiger partial charge in [-0.3, -0.25) is 4.79 Å². The number of ether oxygens (including phenoxy) is 2. The molecule has 3 aliphatic rings. The minimum atomic E-state index is -1.66. The molecule has 1 saturated heterocycles. The van der Waals surface area contributed by atoms with Crippen molar-refractivity contribution in [3.05, 3.63) is 131 Å². The molecule has 0 unspecified atom stereocenters. The highest BCUT2D eigenvalue weighted by molar-refractivity contribution is 9.48. The zero-order chi connectivity index (χ0) is 53.1. The summed E-state index contributed by atoms with van der Waals surface area (Å²) in [6.45, 7) is 20.7. The van der Waals surface area contributed by atoms with Crippen LogP contribution in [0.4, 0.5) is 11.6 Å². The van der Waals surface area contributed by atoms with Crippen molar-refractivity contribution in [2.24, 2.45) is 0 Å². The number of fused-ring (bicyclic) bond motifs is 4. The normalized spacial score (nSPS) is 19.7. The second kappa shape index (κ2) is 20.7. The third-order valence-electron chi connectivity index (χ3n) is 12.3. The quantitative estimate of drug-likeness (QED) is 0.0628.